The van der Waals surface area contributed by atoms with E-state index in [1.807, 2.05) is 0 Å². The summed E-state index contributed by atoms with van der Waals surface area (Å²) in [5.74, 6) is 5.83. The number of ether oxygens (including phenoxy) is 1. The topological polar surface area (TPSA) is 152 Å². The number of nitrogens with two attached hydrogens (primary N) is 2. The number of aromatic amines is 1. The van der Waals surface area contributed by atoms with Crippen LogP contribution in [-0.2, 0) is 16.0 Å². The number of nitrogens with one attached hydrogen (secondary N) is 2. The normalized spacial score (nSPS) is 11.4. The highest BCUT2D eigenvalue weighted by molar-refractivity contribution is 7.14. The van der Waals surface area contributed by atoms with Gasteiger partial charge in [0.2, 0.25) is 11.0 Å². The van der Waals surface area contributed by atoms with Crippen molar-refractivity contribution in [2.45, 2.75) is 32.8 Å². The molecule has 28 heavy (non-hydrogen) atoms. The third-order valence-electron chi connectivity index (χ3n) is 3.52. The number of nitrogen functional groups attached to an aromatic ring is 1. The summed E-state index contributed by atoms with van der Waals surface area (Å²) in [5, 5.41) is 13.1. The Labute approximate surface area is 164 Å². The van der Waals surface area contributed by atoms with E-state index in [1.165, 1.54) is 0 Å². The standard InChI is InChI=1S/C17H21N7O3S/c1-17(2,3)27-16(26)24(19)15-20-10(8-28-15)7-13(25)21-14-11-6-9(18)4-5-12(11)22-23-14/h4-6,8H,7,18-19H2,1-3H3,(H2,21,22,23,25). The molecule has 3 aromatic rings. The number of amides is 2. The van der Waals surface area contributed by atoms with Gasteiger partial charge in [-0.2, -0.15) is 10.1 Å². The van der Waals surface area contributed by atoms with E-state index in [0.717, 1.165) is 21.9 Å². The van der Waals surface area contributed by atoms with Crippen molar-refractivity contribution in [1.29, 1.82) is 0 Å². The molecule has 0 bridgehead atoms. The number of hydrogen-bond donors (Lipinski definition) is 4. The zero-order chi connectivity index (χ0) is 20.5. The molecule has 0 aliphatic rings. The van der Waals surface area contributed by atoms with E-state index in [9.17, 15) is 9.59 Å². The molecule has 2 heterocycles. The van der Waals surface area contributed by atoms with Gasteiger partial charge in [-0.3, -0.25) is 9.89 Å². The van der Waals surface area contributed by atoms with Crippen LogP contribution in [0.4, 0.5) is 21.4 Å². The quantitative estimate of drug-likeness (QED) is 0.226. The van der Waals surface area contributed by atoms with Gasteiger partial charge < -0.3 is 15.8 Å². The minimum Gasteiger partial charge on any atom is -0.442 e. The Morgan fingerprint density at radius 2 is 2.11 bits per heavy atom. The second-order valence-corrected chi connectivity index (χ2v) is 7.91. The average molecular weight is 403 g/mol. The number of hydrogen-bond acceptors (Lipinski definition) is 8. The van der Waals surface area contributed by atoms with Gasteiger partial charge >= 0.3 is 6.09 Å². The smallest absolute Gasteiger partial charge is 0.431 e. The highest BCUT2D eigenvalue weighted by Crippen LogP contribution is 2.24. The summed E-state index contributed by atoms with van der Waals surface area (Å²) in [6.45, 7) is 5.22. The van der Waals surface area contributed by atoms with Crippen molar-refractivity contribution in [3.63, 3.8) is 0 Å². The molecule has 0 atom stereocenters. The van der Waals surface area contributed by atoms with Gasteiger partial charge in [-0.15, -0.1) is 11.3 Å². The molecule has 148 valence electrons. The minimum absolute atomic E-state index is 0.00464. The second-order valence-electron chi connectivity index (χ2n) is 7.07. The van der Waals surface area contributed by atoms with Crippen LogP contribution in [0, 0.1) is 0 Å². The van der Waals surface area contributed by atoms with Crippen molar-refractivity contribution in [3.05, 3.63) is 29.3 Å². The molecule has 10 nitrogen and oxygen atoms in total. The third kappa shape index (κ3) is 4.56. The Hall–Kier alpha value is -3.18. The van der Waals surface area contributed by atoms with Gasteiger partial charge in [0, 0.05) is 16.5 Å². The highest BCUT2D eigenvalue weighted by atomic mass is 32.1. The lowest BCUT2D eigenvalue weighted by atomic mass is 10.2. The number of carbonyl (C=O) groups excluding carboxylic acids is 2. The molecule has 0 radical (unpaired) electrons. The zero-order valence-electron chi connectivity index (χ0n) is 15.6. The summed E-state index contributed by atoms with van der Waals surface area (Å²) in [5.41, 5.74) is 6.90. The number of aromatic nitrogens is 3. The van der Waals surface area contributed by atoms with Crippen molar-refractivity contribution in [2.75, 3.05) is 16.1 Å². The van der Waals surface area contributed by atoms with Gasteiger partial charge in [0.05, 0.1) is 17.6 Å². The first-order valence-electron chi connectivity index (χ1n) is 8.38. The molecule has 6 N–H and O–H groups in total. The van der Waals surface area contributed by atoms with E-state index in [4.69, 9.17) is 16.3 Å². The predicted molar refractivity (Wildman–Crippen MR) is 108 cm³/mol. The lowest BCUT2D eigenvalue weighted by Crippen LogP contribution is -2.41. The van der Waals surface area contributed by atoms with Gasteiger partial charge in [-0.05, 0) is 39.0 Å². The molecule has 0 aliphatic heterocycles. The van der Waals surface area contributed by atoms with Crippen molar-refractivity contribution in [1.82, 2.24) is 15.2 Å². The maximum absolute atomic E-state index is 12.3. The molecular weight excluding hydrogens is 382 g/mol. The molecule has 11 heteroatoms. The van der Waals surface area contributed by atoms with E-state index in [2.05, 4.69) is 20.5 Å². The van der Waals surface area contributed by atoms with Crippen LogP contribution in [0.15, 0.2) is 23.6 Å². The number of H-pyrrole nitrogens is 1. The van der Waals surface area contributed by atoms with E-state index < -0.39 is 11.7 Å². The number of thiazole rings is 1. The number of anilines is 3. The summed E-state index contributed by atoms with van der Waals surface area (Å²) in [6, 6.07) is 5.25. The first kappa shape index (κ1) is 19.6. The van der Waals surface area contributed by atoms with Crippen LogP contribution in [0.5, 0.6) is 0 Å². The van der Waals surface area contributed by atoms with Gasteiger partial charge in [0.1, 0.15) is 5.60 Å². The molecule has 0 unspecified atom stereocenters. The largest absolute Gasteiger partial charge is 0.442 e. The van der Waals surface area contributed by atoms with Crippen LogP contribution in [0.1, 0.15) is 26.5 Å². The maximum atomic E-state index is 12.3. The molecule has 3 rings (SSSR count). The molecule has 2 amide bonds. The Kier molecular flexibility index (Phi) is 5.21. The summed E-state index contributed by atoms with van der Waals surface area (Å²) in [6.07, 6.45) is -0.728. The van der Waals surface area contributed by atoms with Crippen molar-refractivity contribution in [3.8, 4) is 0 Å². The number of benzene rings is 1. The van der Waals surface area contributed by atoms with Crippen LogP contribution in [0.25, 0.3) is 10.9 Å². The molecule has 0 saturated carbocycles. The van der Waals surface area contributed by atoms with E-state index >= 15 is 0 Å². The Morgan fingerprint density at radius 1 is 1.36 bits per heavy atom. The summed E-state index contributed by atoms with van der Waals surface area (Å²) < 4.78 is 5.19. The summed E-state index contributed by atoms with van der Waals surface area (Å²) in [7, 11) is 0. The van der Waals surface area contributed by atoms with E-state index in [0.29, 0.717) is 22.6 Å². The zero-order valence-corrected chi connectivity index (χ0v) is 16.5. The van der Waals surface area contributed by atoms with Crippen molar-refractivity contribution in [2.24, 2.45) is 5.84 Å². The number of carbonyl (C=O) groups is 2. The first-order chi connectivity index (χ1) is 13.1. The van der Waals surface area contributed by atoms with Crippen LogP contribution < -0.4 is 21.9 Å². The highest BCUT2D eigenvalue weighted by Gasteiger charge is 2.23. The molecule has 0 aliphatic carbocycles. The first-order valence-corrected chi connectivity index (χ1v) is 9.26. The molecule has 1 aromatic carbocycles. The van der Waals surface area contributed by atoms with Gasteiger partial charge in [-0.1, -0.05) is 0 Å². The lowest BCUT2D eigenvalue weighted by Gasteiger charge is -2.22. The second kappa shape index (κ2) is 7.44. The average Bonchev–Trinajstić information content (AvgIpc) is 3.20. The van der Waals surface area contributed by atoms with Crippen LogP contribution >= 0.6 is 11.3 Å². The minimum atomic E-state index is -0.724. The number of fused-ring (bicyclic) bond motifs is 1. The SMILES string of the molecule is CC(C)(C)OC(=O)N(N)c1nc(CC(=O)Nc2n[nH]c3ccc(N)cc23)cs1. The van der Waals surface area contributed by atoms with Crippen molar-refractivity contribution < 1.29 is 14.3 Å². The van der Waals surface area contributed by atoms with Gasteiger partial charge in [0.15, 0.2) is 5.82 Å². The van der Waals surface area contributed by atoms with Crippen LogP contribution in [-0.4, -0.2) is 32.8 Å². The van der Waals surface area contributed by atoms with Gasteiger partial charge in [0.25, 0.3) is 0 Å². The number of nitrogens with zero attached hydrogens (tertiary/aromatic N) is 3. The van der Waals surface area contributed by atoms with Gasteiger partial charge in [-0.25, -0.2) is 15.6 Å². The summed E-state index contributed by atoms with van der Waals surface area (Å²) >= 11 is 1.14. The lowest BCUT2D eigenvalue weighted by molar-refractivity contribution is -0.115. The Morgan fingerprint density at radius 3 is 2.82 bits per heavy atom. The Bertz CT molecular complexity index is 1020. The van der Waals surface area contributed by atoms with E-state index in [-0.39, 0.29) is 17.5 Å². The fraction of sp³-hybridized carbons (Fsp3) is 0.294. The monoisotopic (exact) mass is 403 g/mol. The van der Waals surface area contributed by atoms with Crippen molar-refractivity contribution >= 4 is 50.9 Å². The molecule has 0 fully saturated rings. The summed E-state index contributed by atoms with van der Waals surface area (Å²) in [4.78, 5) is 28.6. The predicted octanol–water partition coefficient (Wildman–Crippen LogP) is 2.40. The van der Waals surface area contributed by atoms with E-state index in [1.54, 1.807) is 44.4 Å². The number of hydrazine groups is 1. The van der Waals surface area contributed by atoms with Crippen LogP contribution in [0.3, 0.4) is 0 Å². The number of rotatable bonds is 4. The Balaban J connectivity index is 1.65. The maximum Gasteiger partial charge on any atom is 0.431 e. The molecule has 2 aromatic heterocycles. The molecular formula is C17H21N7O3S. The molecule has 0 saturated heterocycles. The third-order valence-corrected chi connectivity index (χ3v) is 4.41. The fourth-order valence-corrected chi connectivity index (χ4v) is 3.08. The fourth-order valence-electron chi connectivity index (χ4n) is 2.34. The van der Waals surface area contributed by atoms with Crippen LogP contribution in [0.2, 0.25) is 0 Å². The molecule has 0 spiro atoms.